The van der Waals surface area contributed by atoms with Gasteiger partial charge in [-0.1, -0.05) is 0 Å². The zero-order chi connectivity index (χ0) is 10.8. The van der Waals surface area contributed by atoms with Crippen LogP contribution in [0, 0.1) is 0 Å². The van der Waals surface area contributed by atoms with E-state index in [1.54, 1.807) is 11.7 Å². The first-order valence-corrected chi connectivity index (χ1v) is 4.77. The van der Waals surface area contributed by atoms with Crippen molar-refractivity contribution in [2.75, 3.05) is 7.11 Å². The highest BCUT2D eigenvalue weighted by Crippen LogP contribution is 2.32. The fourth-order valence-corrected chi connectivity index (χ4v) is 1.61. The van der Waals surface area contributed by atoms with E-state index < -0.39 is 11.9 Å². The SMILES string of the molecule is COc1nc(C(=O)O)oc1-c1cncs1. The number of ether oxygens (including phenoxy) is 1. The van der Waals surface area contributed by atoms with Gasteiger partial charge >= 0.3 is 11.9 Å². The standard InChI is InChI=1S/C8H6N2O4S/c1-13-6-5(4-2-9-3-15-4)14-7(10-6)8(11)12/h2-3H,1H3,(H,11,12). The van der Waals surface area contributed by atoms with Gasteiger partial charge in [-0.15, -0.1) is 11.3 Å². The van der Waals surface area contributed by atoms with Crippen LogP contribution in [0.3, 0.4) is 0 Å². The summed E-state index contributed by atoms with van der Waals surface area (Å²) in [6, 6.07) is 0. The van der Waals surface area contributed by atoms with Crippen LogP contribution >= 0.6 is 11.3 Å². The Kier molecular flexibility index (Phi) is 2.38. The summed E-state index contributed by atoms with van der Waals surface area (Å²) in [5.41, 5.74) is 1.61. The molecule has 6 nitrogen and oxygen atoms in total. The van der Waals surface area contributed by atoms with Gasteiger partial charge in [0.05, 0.1) is 17.5 Å². The molecule has 0 aliphatic heterocycles. The molecule has 0 aliphatic rings. The summed E-state index contributed by atoms with van der Waals surface area (Å²) < 4.78 is 9.96. The summed E-state index contributed by atoms with van der Waals surface area (Å²) in [6.07, 6.45) is 1.55. The van der Waals surface area contributed by atoms with E-state index in [9.17, 15) is 4.79 Å². The number of carbonyl (C=O) groups is 1. The second kappa shape index (κ2) is 3.70. The number of oxazole rings is 1. The van der Waals surface area contributed by atoms with Crippen LogP contribution in [0.25, 0.3) is 10.6 Å². The van der Waals surface area contributed by atoms with Gasteiger partial charge in [0.15, 0.2) is 0 Å². The van der Waals surface area contributed by atoms with Crippen LogP contribution in [0.4, 0.5) is 0 Å². The van der Waals surface area contributed by atoms with Gasteiger partial charge in [0.1, 0.15) is 0 Å². The third-order valence-corrected chi connectivity index (χ3v) is 2.40. The molecule has 0 unspecified atom stereocenters. The first-order chi connectivity index (χ1) is 7.22. The Balaban J connectivity index is 2.51. The number of thiazole rings is 1. The largest absolute Gasteiger partial charge is 0.478 e. The Morgan fingerprint density at radius 2 is 2.47 bits per heavy atom. The molecule has 0 atom stereocenters. The van der Waals surface area contributed by atoms with Crippen LogP contribution in [0.5, 0.6) is 5.88 Å². The summed E-state index contributed by atoms with van der Waals surface area (Å²) in [4.78, 5) is 18.8. The minimum Gasteiger partial charge on any atom is -0.478 e. The fourth-order valence-electron chi connectivity index (χ4n) is 1.02. The number of carboxylic acid groups (broad SMARTS) is 1. The number of hydrogen-bond acceptors (Lipinski definition) is 6. The number of carboxylic acids is 1. The van der Waals surface area contributed by atoms with Gasteiger partial charge in [-0.25, -0.2) is 4.79 Å². The molecule has 0 aromatic carbocycles. The highest BCUT2D eigenvalue weighted by atomic mass is 32.1. The van der Waals surface area contributed by atoms with Crippen LogP contribution in [0.15, 0.2) is 16.1 Å². The molecule has 0 saturated heterocycles. The molecule has 0 aliphatic carbocycles. The molecule has 2 heterocycles. The number of methoxy groups -OCH3 is 1. The van der Waals surface area contributed by atoms with E-state index in [0.717, 1.165) is 0 Å². The maximum atomic E-state index is 10.6. The molecule has 0 amide bonds. The normalized spacial score (nSPS) is 10.2. The third-order valence-electron chi connectivity index (χ3n) is 1.63. The van der Waals surface area contributed by atoms with Gasteiger partial charge in [-0.3, -0.25) is 4.98 Å². The molecule has 15 heavy (non-hydrogen) atoms. The third kappa shape index (κ3) is 1.68. The minimum atomic E-state index is -1.23. The number of hydrogen-bond donors (Lipinski definition) is 1. The number of aromatic carboxylic acids is 1. The van der Waals surface area contributed by atoms with E-state index in [1.165, 1.54) is 18.4 Å². The lowest BCUT2D eigenvalue weighted by atomic mass is 10.4. The van der Waals surface area contributed by atoms with Crippen molar-refractivity contribution < 1.29 is 19.1 Å². The Labute approximate surface area is 88.2 Å². The van der Waals surface area contributed by atoms with E-state index in [0.29, 0.717) is 4.88 Å². The predicted octanol–water partition coefficient (Wildman–Crippen LogP) is 1.50. The van der Waals surface area contributed by atoms with Gasteiger partial charge < -0.3 is 14.3 Å². The van der Waals surface area contributed by atoms with E-state index in [1.807, 2.05) is 0 Å². The molecule has 0 saturated carbocycles. The van der Waals surface area contributed by atoms with Crippen molar-refractivity contribution in [1.29, 1.82) is 0 Å². The lowest BCUT2D eigenvalue weighted by molar-refractivity contribution is 0.0654. The van der Waals surface area contributed by atoms with Crippen LogP contribution in [-0.4, -0.2) is 28.2 Å². The second-order valence-electron chi connectivity index (χ2n) is 2.53. The van der Waals surface area contributed by atoms with Crippen LogP contribution in [0.1, 0.15) is 10.7 Å². The lowest BCUT2D eigenvalue weighted by Gasteiger charge is -1.93. The fraction of sp³-hybridized carbons (Fsp3) is 0.125. The topological polar surface area (TPSA) is 85.5 Å². The minimum absolute atomic E-state index is 0.150. The number of rotatable bonds is 3. The molecule has 0 bridgehead atoms. The lowest BCUT2D eigenvalue weighted by Crippen LogP contribution is -1.95. The van der Waals surface area contributed by atoms with Crippen LogP contribution in [-0.2, 0) is 0 Å². The highest BCUT2D eigenvalue weighted by molar-refractivity contribution is 7.13. The van der Waals surface area contributed by atoms with Gasteiger partial charge in [0.2, 0.25) is 5.76 Å². The van der Waals surface area contributed by atoms with Crippen molar-refractivity contribution in [2.45, 2.75) is 0 Å². The number of nitrogens with zero attached hydrogens (tertiary/aromatic N) is 2. The number of aromatic nitrogens is 2. The molecule has 7 heteroatoms. The average molecular weight is 226 g/mol. The Hall–Kier alpha value is -1.89. The summed E-state index contributed by atoms with van der Waals surface area (Å²) >= 11 is 1.31. The quantitative estimate of drug-likeness (QED) is 0.853. The predicted molar refractivity (Wildman–Crippen MR) is 51.1 cm³/mol. The van der Waals surface area contributed by atoms with Gasteiger partial charge in [-0.2, -0.15) is 4.98 Å². The van der Waals surface area contributed by atoms with Crippen molar-refractivity contribution in [3.05, 3.63) is 17.6 Å². The smallest absolute Gasteiger partial charge is 0.392 e. The van der Waals surface area contributed by atoms with Crippen molar-refractivity contribution >= 4 is 17.3 Å². The Bertz CT molecular complexity index is 477. The highest BCUT2D eigenvalue weighted by Gasteiger charge is 2.20. The molecule has 78 valence electrons. The van der Waals surface area contributed by atoms with E-state index >= 15 is 0 Å². The van der Waals surface area contributed by atoms with Crippen molar-refractivity contribution in [1.82, 2.24) is 9.97 Å². The first-order valence-electron chi connectivity index (χ1n) is 3.89. The Morgan fingerprint density at radius 1 is 1.67 bits per heavy atom. The van der Waals surface area contributed by atoms with Crippen molar-refractivity contribution in [3.63, 3.8) is 0 Å². The van der Waals surface area contributed by atoms with E-state index in [4.69, 9.17) is 14.3 Å². The molecule has 0 spiro atoms. The average Bonchev–Trinajstić information content (AvgIpc) is 2.86. The van der Waals surface area contributed by atoms with E-state index in [-0.39, 0.29) is 11.6 Å². The molecule has 2 aromatic rings. The molecule has 2 aromatic heterocycles. The Morgan fingerprint density at radius 3 is 3.00 bits per heavy atom. The monoisotopic (exact) mass is 226 g/mol. The van der Waals surface area contributed by atoms with Crippen LogP contribution in [0.2, 0.25) is 0 Å². The first kappa shape index (κ1) is 9.66. The molecular formula is C8H6N2O4S. The maximum absolute atomic E-state index is 10.6. The van der Waals surface area contributed by atoms with Gasteiger partial charge in [0, 0.05) is 6.20 Å². The second-order valence-corrected chi connectivity index (χ2v) is 3.41. The zero-order valence-electron chi connectivity index (χ0n) is 7.63. The van der Waals surface area contributed by atoms with Crippen LogP contribution < -0.4 is 4.74 Å². The van der Waals surface area contributed by atoms with Gasteiger partial charge in [0.25, 0.3) is 5.88 Å². The molecular weight excluding hydrogens is 220 g/mol. The molecule has 2 rings (SSSR count). The zero-order valence-corrected chi connectivity index (χ0v) is 8.45. The van der Waals surface area contributed by atoms with Crippen molar-refractivity contribution in [3.8, 4) is 16.5 Å². The molecule has 1 N–H and O–H groups in total. The van der Waals surface area contributed by atoms with E-state index in [2.05, 4.69) is 9.97 Å². The maximum Gasteiger partial charge on any atom is 0.392 e. The summed E-state index contributed by atoms with van der Waals surface area (Å²) in [5, 5.41) is 8.69. The summed E-state index contributed by atoms with van der Waals surface area (Å²) in [6.45, 7) is 0. The summed E-state index contributed by atoms with van der Waals surface area (Å²) in [7, 11) is 1.40. The summed E-state index contributed by atoms with van der Waals surface area (Å²) in [5.74, 6) is -1.19. The van der Waals surface area contributed by atoms with Gasteiger partial charge in [-0.05, 0) is 0 Å². The van der Waals surface area contributed by atoms with Crippen molar-refractivity contribution in [2.24, 2.45) is 0 Å². The molecule has 0 fully saturated rings. The molecule has 0 radical (unpaired) electrons.